The minimum Gasteiger partial charge on any atom is -0.373 e. The zero-order chi connectivity index (χ0) is 17.6. The summed E-state index contributed by atoms with van der Waals surface area (Å²) in [6.45, 7) is 4.75. The molecule has 2 aromatic rings. The number of nitrogens with one attached hydrogen (secondary N) is 1. The summed E-state index contributed by atoms with van der Waals surface area (Å²) in [7, 11) is 1.81. The average Bonchev–Trinajstić information content (AvgIpc) is 3.14. The third-order valence-corrected chi connectivity index (χ3v) is 4.84. The first kappa shape index (κ1) is 17.5. The first-order valence-corrected chi connectivity index (χ1v) is 9.17. The number of likely N-dealkylation sites (tertiary alicyclic amines) is 1. The van der Waals surface area contributed by atoms with Crippen molar-refractivity contribution in [1.29, 1.82) is 0 Å². The van der Waals surface area contributed by atoms with Crippen molar-refractivity contribution in [2.75, 3.05) is 25.5 Å². The fraction of sp³-hybridized carbons (Fsp3) is 0.526. The summed E-state index contributed by atoms with van der Waals surface area (Å²) in [5.74, 6) is 2.23. The maximum atomic E-state index is 12.9. The fourth-order valence-electron chi connectivity index (χ4n) is 3.45. The Labute approximate surface area is 149 Å². The van der Waals surface area contributed by atoms with E-state index in [2.05, 4.69) is 33.0 Å². The molecule has 134 valence electrons. The Morgan fingerprint density at radius 1 is 1.36 bits per heavy atom. The van der Waals surface area contributed by atoms with Crippen LogP contribution >= 0.6 is 0 Å². The smallest absolute Gasteiger partial charge is 0.254 e. The predicted molar refractivity (Wildman–Crippen MR) is 98.8 cm³/mol. The van der Waals surface area contributed by atoms with Gasteiger partial charge in [0.2, 0.25) is 0 Å². The Morgan fingerprint density at radius 2 is 2.24 bits per heavy atom. The van der Waals surface area contributed by atoms with E-state index < -0.39 is 0 Å². The van der Waals surface area contributed by atoms with Gasteiger partial charge >= 0.3 is 0 Å². The number of piperidine rings is 1. The SMILES string of the molecule is CCCCn1ccnc1C1CCCN(C(=O)c2ccnc(NC)c2)C1. The molecule has 1 aliphatic heterocycles. The quantitative estimate of drug-likeness (QED) is 0.877. The highest BCUT2D eigenvalue weighted by atomic mass is 16.2. The summed E-state index contributed by atoms with van der Waals surface area (Å²) in [5.41, 5.74) is 0.689. The van der Waals surface area contributed by atoms with Gasteiger partial charge in [0.1, 0.15) is 11.6 Å². The van der Waals surface area contributed by atoms with Crippen LogP contribution < -0.4 is 5.32 Å². The first-order chi connectivity index (χ1) is 12.2. The summed E-state index contributed by atoms with van der Waals surface area (Å²) in [6.07, 6.45) is 10.1. The molecule has 6 heteroatoms. The van der Waals surface area contributed by atoms with Crippen molar-refractivity contribution in [3.63, 3.8) is 0 Å². The van der Waals surface area contributed by atoms with Crippen molar-refractivity contribution in [3.8, 4) is 0 Å². The molecule has 1 saturated heterocycles. The summed E-state index contributed by atoms with van der Waals surface area (Å²) in [6, 6.07) is 3.60. The van der Waals surface area contributed by atoms with Crippen LogP contribution in [0.4, 0.5) is 5.82 Å². The van der Waals surface area contributed by atoms with Gasteiger partial charge in [-0.05, 0) is 31.4 Å². The van der Waals surface area contributed by atoms with Crippen molar-refractivity contribution in [2.24, 2.45) is 0 Å². The number of rotatable bonds is 6. The second kappa shape index (κ2) is 8.14. The first-order valence-electron chi connectivity index (χ1n) is 9.17. The molecule has 6 nitrogen and oxygen atoms in total. The molecule has 1 fully saturated rings. The second-order valence-corrected chi connectivity index (χ2v) is 6.60. The van der Waals surface area contributed by atoms with Crippen molar-refractivity contribution in [2.45, 2.75) is 45.1 Å². The maximum absolute atomic E-state index is 12.9. The lowest BCUT2D eigenvalue weighted by atomic mass is 9.96. The van der Waals surface area contributed by atoms with Crippen LogP contribution in [0.3, 0.4) is 0 Å². The highest BCUT2D eigenvalue weighted by molar-refractivity contribution is 5.94. The van der Waals surface area contributed by atoms with Crippen LogP contribution in [0.5, 0.6) is 0 Å². The lowest BCUT2D eigenvalue weighted by Crippen LogP contribution is -2.39. The van der Waals surface area contributed by atoms with Crippen LogP contribution in [0.25, 0.3) is 0 Å². The van der Waals surface area contributed by atoms with Gasteiger partial charge in [0.05, 0.1) is 0 Å². The second-order valence-electron chi connectivity index (χ2n) is 6.60. The number of imidazole rings is 1. The lowest BCUT2D eigenvalue weighted by Gasteiger charge is -2.33. The fourth-order valence-corrected chi connectivity index (χ4v) is 3.45. The van der Waals surface area contributed by atoms with Gasteiger partial charge in [0, 0.05) is 56.8 Å². The molecular weight excluding hydrogens is 314 g/mol. The van der Waals surface area contributed by atoms with Crippen molar-refractivity contribution in [3.05, 3.63) is 42.1 Å². The Kier molecular flexibility index (Phi) is 5.68. The third kappa shape index (κ3) is 4.00. The Bertz CT molecular complexity index is 711. The van der Waals surface area contributed by atoms with E-state index in [0.717, 1.165) is 50.5 Å². The number of aryl methyl sites for hydroxylation is 1. The van der Waals surface area contributed by atoms with Gasteiger partial charge in [-0.2, -0.15) is 0 Å². The number of amides is 1. The van der Waals surface area contributed by atoms with Crippen LogP contribution in [0.2, 0.25) is 0 Å². The molecule has 1 atom stereocenters. The molecule has 1 N–H and O–H groups in total. The lowest BCUT2D eigenvalue weighted by molar-refractivity contribution is 0.0703. The molecule has 0 bridgehead atoms. The molecular formula is C19H27N5O. The van der Waals surface area contributed by atoms with E-state index in [1.54, 1.807) is 12.3 Å². The molecule has 3 heterocycles. The van der Waals surface area contributed by atoms with E-state index in [1.807, 2.05) is 24.2 Å². The number of carbonyl (C=O) groups excluding carboxylic acids is 1. The molecule has 0 saturated carbocycles. The van der Waals surface area contributed by atoms with E-state index >= 15 is 0 Å². The standard InChI is InChI=1S/C19H27N5O/c1-3-4-10-23-12-9-22-18(23)16-6-5-11-24(14-16)19(25)15-7-8-21-17(13-15)20-2/h7-9,12-13,16H,3-6,10-11,14H2,1-2H3,(H,20,21). The van der Waals surface area contributed by atoms with E-state index in [4.69, 9.17) is 0 Å². The molecule has 3 rings (SSSR count). The number of anilines is 1. The minimum atomic E-state index is 0.0789. The Hall–Kier alpha value is -2.37. The molecule has 25 heavy (non-hydrogen) atoms. The van der Waals surface area contributed by atoms with Gasteiger partial charge in [0.15, 0.2) is 0 Å². The van der Waals surface area contributed by atoms with Crippen LogP contribution in [0.1, 0.15) is 54.7 Å². The van der Waals surface area contributed by atoms with Crippen LogP contribution in [-0.2, 0) is 6.54 Å². The normalized spacial score (nSPS) is 17.5. The zero-order valence-electron chi connectivity index (χ0n) is 15.1. The van der Waals surface area contributed by atoms with Gasteiger partial charge in [0.25, 0.3) is 5.91 Å². The number of aromatic nitrogens is 3. The van der Waals surface area contributed by atoms with E-state index in [0.29, 0.717) is 11.5 Å². The number of pyridine rings is 1. The van der Waals surface area contributed by atoms with Crippen molar-refractivity contribution >= 4 is 11.7 Å². The number of hydrogen-bond acceptors (Lipinski definition) is 4. The highest BCUT2D eigenvalue weighted by Crippen LogP contribution is 2.27. The van der Waals surface area contributed by atoms with Crippen LogP contribution in [-0.4, -0.2) is 45.5 Å². The van der Waals surface area contributed by atoms with Crippen LogP contribution in [0.15, 0.2) is 30.7 Å². The van der Waals surface area contributed by atoms with Gasteiger partial charge in [-0.3, -0.25) is 4.79 Å². The summed E-state index contributed by atoms with van der Waals surface area (Å²) in [5, 5.41) is 2.99. The molecule has 0 aromatic carbocycles. The Balaban J connectivity index is 1.72. The van der Waals surface area contributed by atoms with Crippen molar-refractivity contribution < 1.29 is 4.79 Å². The van der Waals surface area contributed by atoms with Gasteiger partial charge < -0.3 is 14.8 Å². The van der Waals surface area contributed by atoms with Crippen LogP contribution in [0, 0.1) is 0 Å². The molecule has 0 aliphatic carbocycles. The zero-order valence-corrected chi connectivity index (χ0v) is 15.1. The molecule has 1 unspecified atom stereocenters. The number of hydrogen-bond donors (Lipinski definition) is 1. The maximum Gasteiger partial charge on any atom is 0.254 e. The van der Waals surface area contributed by atoms with Gasteiger partial charge in [-0.25, -0.2) is 9.97 Å². The highest BCUT2D eigenvalue weighted by Gasteiger charge is 2.28. The summed E-state index contributed by atoms with van der Waals surface area (Å²) in [4.78, 5) is 23.6. The Morgan fingerprint density at radius 3 is 3.04 bits per heavy atom. The van der Waals surface area contributed by atoms with E-state index in [1.165, 1.54) is 6.42 Å². The topological polar surface area (TPSA) is 63.1 Å². The van der Waals surface area contributed by atoms with E-state index in [9.17, 15) is 4.79 Å². The van der Waals surface area contributed by atoms with Gasteiger partial charge in [-0.1, -0.05) is 13.3 Å². The molecule has 2 aromatic heterocycles. The summed E-state index contributed by atoms with van der Waals surface area (Å²) < 4.78 is 2.26. The number of nitrogens with zero attached hydrogens (tertiary/aromatic N) is 4. The molecule has 0 spiro atoms. The minimum absolute atomic E-state index is 0.0789. The summed E-state index contributed by atoms with van der Waals surface area (Å²) >= 11 is 0. The van der Waals surface area contributed by atoms with Gasteiger partial charge in [-0.15, -0.1) is 0 Å². The monoisotopic (exact) mass is 341 g/mol. The van der Waals surface area contributed by atoms with E-state index in [-0.39, 0.29) is 5.91 Å². The number of carbonyl (C=O) groups is 1. The molecule has 1 aliphatic rings. The molecule has 1 amide bonds. The average molecular weight is 341 g/mol. The molecule has 0 radical (unpaired) electrons. The largest absolute Gasteiger partial charge is 0.373 e. The third-order valence-electron chi connectivity index (χ3n) is 4.84. The number of unbranched alkanes of at least 4 members (excludes halogenated alkanes) is 1. The predicted octanol–water partition coefficient (Wildman–Crippen LogP) is 3.14. The van der Waals surface area contributed by atoms with Crippen molar-refractivity contribution in [1.82, 2.24) is 19.4 Å².